The van der Waals surface area contributed by atoms with E-state index in [-0.39, 0.29) is 0 Å². The molecule has 0 spiro atoms. The molecule has 2 rings (SSSR count). The summed E-state index contributed by atoms with van der Waals surface area (Å²) in [6.45, 7) is 4.31. The molecule has 0 fully saturated rings. The van der Waals surface area contributed by atoms with Gasteiger partial charge in [-0.3, -0.25) is 0 Å². The molecular weight excluding hydrogens is 200 g/mol. The van der Waals surface area contributed by atoms with Gasteiger partial charge in [-0.25, -0.2) is 0 Å². The van der Waals surface area contributed by atoms with Crippen molar-refractivity contribution >= 4 is 33.9 Å². The van der Waals surface area contributed by atoms with E-state index < -0.39 is 0 Å². The maximum Gasteiger partial charge on any atom is 0.180 e. The first-order valence-corrected chi connectivity index (χ1v) is 5.38. The molecule has 13 heavy (non-hydrogen) atoms. The van der Waals surface area contributed by atoms with Crippen molar-refractivity contribution in [3.8, 4) is 0 Å². The van der Waals surface area contributed by atoms with Crippen molar-refractivity contribution in [1.29, 1.82) is 0 Å². The number of thiophene rings is 1. The molecule has 70 valence electrons. The Kier molecular flexibility index (Phi) is 1.85. The van der Waals surface area contributed by atoms with Gasteiger partial charge in [0.1, 0.15) is 4.83 Å². The van der Waals surface area contributed by atoms with Crippen LogP contribution >= 0.6 is 23.6 Å². The zero-order valence-corrected chi connectivity index (χ0v) is 9.84. The van der Waals surface area contributed by atoms with Crippen LogP contribution in [0.15, 0.2) is 0 Å². The number of hydrogen-bond acceptors (Lipinski definition) is 2. The molecule has 0 saturated carbocycles. The number of aromatic nitrogens is 2. The fraction of sp³-hybridized carbons (Fsp3) is 0.444. The molecule has 0 aromatic carbocycles. The minimum absolute atomic E-state index is 0.893. The predicted octanol–water partition coefficient (Wildman–Crippen LogP) is 2.92. The van der Waals surface area contributed by atoms with Crippen LogP contribution in [0.25, 0.3) is 10.3 Å². The highest BCUT2D eigenvalue weighted by molar-refractivity contribution is 7.71. The Morgan fingerprint density at radius 2 is 1.77 bits per heavy atom. The van der Waals surface area contributed by atoms with Crippen molar-refractivity contribution in [2.45, 2.75) is 13.8 Å². The van der Waals surface area contributed by atoms with Crippen molar-refractivity contribution in [2.24, 2.45) is 14.1 Å². The highest BCUT2D eigenvalue weighted by Gasteiger charge is 2.12. The lowest BCUT2D eigenvalue weighted by molar-refractivity contribution is 0.834. The Bertz CT molecular complexity index is 528. The average Bonchev–Trinajstić information content (AvgIpc) is 2.48. The molecule has 0 saturated heterocycles. The van der Waals surface area contributed by atoms with E-state index in [0.717, 1.165) is 4.77 Å². The summed E-state index contributed by atoms with van der Waals surface area (Å²) in [4.78, 5) is 2.66. The zero-order chi connectivity index (χ0) is 9.75. The van der Waals surface area contributed by atoms with E-state index in [1.54, 1.807) is 0 Å². The fourth-order valence-electron chi connectivity index (χ4n) is 1.63. The van der Waals surface area contributed by atoms with Crippen molar-refractivity contribution in [2.75, 3.05) is 0 Å². The molecule has 0 radical (unpaired) electrons. The van der Waals surface area contributed by atoms with E-state index in [1.165, 1.54) is 20.8 Å². The largest absolute Gasteiger partial charge is 0.319 e. The molecule has 0 aliphatic heterocycles. The van der Waals surface area contributed by atoms with Gasteiger partial charge in [0.2, 0.25) is 0 Å². The highest BCUT2D eigenvalue weighted by atomic mass is 32.1. The van der Waals surface area contributed by atoms with E-state index >= 15 is 0 Å². The molecule has 0 N–H and O–H groups in total. The molecule has 0 atom stereocenters. The van der Waals surface area contributed by atoms with E-state index in [2.05, 4.69) is 23.0 Å². The summed E-state index contributed by atoms with van der Waals surface area (Å²) in [5.74, 6) is 0. The topological polar surface area (TPSA) is 9.86 Å². The van der Waals surface area contributed by atoms with E-state index in [9.17, 15) is 0 Å². The zero-order valence-electron chi connectivity index (χ0n) is 8.21. The van der Waals surface area contributed by atoms with Crippen LogP contribution in [-0.4, -0.2) is 9.13 Å². The molecular formula is C9H12N2S2. The van der Waals surface area contributed by atoms with Gasteiger partial charge in [-0.1, -0.05) is 0 Å². The summed E-state index contributed by atoms with van der Waals surface area (Å²) in [7, 11) is 4.06. The number of fused-ring (bicyclic) bond motifs is 1. The van der Waals surface area contributed by atoms with Gasteiger partial charge in [0.25, 0.3) is 0 Å². The van der Waals surface area contributed by atoms with Crippen LogP contribution in [0.5, 0.6) is 0 Å². The molecule has 0 aliphatic rings. The summed E-state index contributed by atoms with van der Waals surface area (Å²) < 4.78 is 5.06. The molecule has 0 amide bonds. The molecule has 2 nitrogen and oxygen atoms in total. The quantitative estimate of drug-likeness (QED) is 0.610. The van der Waals surface area contributed by atoms with E-state index in [0.29, 0.717) is 0 Å². The van der Waals surface area contributed by atoms with Crippen molar-refractivity contribution in [3.05, 3.63) is 15.2 Å². The summed E-state index contributed by atoms with van der Waals surface area (Å²) in [5.41, 5.74) is 2.64. The Balaban J connectivity index is 3.10. The van der Waals surface area contributed by atoms with Crippen LogP contribution in [0, 0.1) is 18.6 Å². The predicted molar refractivity (Wildman–Crippen MR) is 60.1 cm³/mol. The second kappa shape index (κ2) is 2.69. The Morgan fingerprint density at radius 1 is 1.15 bits per heavy atom. The minimum Gasteiger partial charge on any atom is -0.319 e. The van der Waals surface area contributed by atoms with Gasteiger partial charge < -0.3 is 9.13 Å². The van der Waals surface area contributed by atoms with Gasteiger partial charge in [0.05, 0.1) is 5.52 Å². The Labute approximate surface area is 86.4 Å². The van der Waals surface area contributed by atoms with Crippen molar-refractivity contribution in [3.63, 3.8) is 0 Å². The maximum absolute atomic E-state index is 5.28. The van der Waals surface area contributed by atoms with Gasteiger partial charge in [-0.05, 0) is 31.6 Å². The van der Waals surface area contributed by atoms with Crippen molar-refractivity contribution in [1.82, 2.24) is 9.13 Å². The number of aryl methyl sites for hydroxylation is 4. The molecule has 2 heterocycles. The lowest BCUT2D eigenvalue weighted by Crippen LogP contribution is -1.91. The molecule has 0 unspecified atom stereocenters. The minimum atomic E-state index is 0.893. The molecule has 0 aliphatic carbocycles. The third kappa shape index (κ3) is 1.02. The maximum atomic E-state index is 5.28. The summed E-state index contributed by atoms with van der Waals surface area (Å²) in [6.07, 6.45) is 0. The van der Waals surface area contributed by atoms with E-state index in [4.69, 9.17) is 12.2 Å². The standard InChI is InChI=1S/C9H12N2S2/c1-5-6(2)13-8-7(5)10(3)9(12)11(8)4/h1-4H3. The van der Waals surface area contributed by atoms with Crippen LogP contribution in [0.2, 0.25) is 0 Å². The monoisotopic (exact) mass is 212 g/mol. The number of rotatable bonds is 0. The number of imidazole rings is 1. The number of nitrogens with zero attached hydrogens (tertiary/aromatic N) is 2. The highest BCUT2D eigenvalue weighted by Crippen LogP contribution is 2.30. The number of hydrogen-bond donors (Lipinski definition) is 0. The van der Waals surface area contributed by atoms with Gasteiger partial charge in [0, 0.05) is 19.0 Å². The Hall–Kier alpha value is -0.610. The van der Waals surface area contributed by atoms with Crippen LogP contribution in [0.4, 0.5) is 0 Å². The van der Waals surface area contributed by atoms with Gasteiger partial charge in [0.15, 0.2) is 4.77 Å². The normalized spacial score (nSPS) is 11.4. The van der Waals surface area contributed by atoms with Crippen LogP contribution in [0.3, 0.4) is 0 Å². The summed E-state index contributed by atoms with van der Waals surface area (Å²) >= 11 is 7.10. The van der Waals surface area contributed by atoms with Gasteiger partial charge in [-0.2, -0.15) is 0 Å². The Morgan fingerprint density at radius 3 is 2.31 bits per heavy atom. The smallest absolute Gasteiger partial charge is 0.180 e. The van der Waals surface area contributed by atoms with Crippen molar-refractivity contribution < 1.29 is 0 Å². The van der Waals surface area contributed by atoms with Gasteiger partial charge >= 0.3 is 0 Å². The first kappa shape index (κ1) is 8.97. The van der Waals surface area contributed by atoms with Gasteiger partial charge in [-0.15, -0.1) is 11.3 Å². The first-order chi connectivity index (χ1) is 6.04. The molecule has 2 aromatic heterocycles. The second-order valence-corrected chi connectivity index (χ2v) is 4.91. The summed E-state index contributed by atoms with van der Waals surface area (Å²) in [5, 5.41) is 0. The third-order valence-corrected chi connectivity index (χ3v) is 4.37. The lowest BCUT2D eigenvalue weighted by atomic mass is 10.3. The lowest BCUT2D eigenvalue weighted by Gasteiger charge is -1.94. The van der Waals surface area contributed by atoms with Crippen LogP contribution in [0.1, 0.15) is 10.4 Å². The molecule has 2 aromatic rings. The van der Waals surface area contributed by atoms with Crippen LogP contribution in [-0.2, 0) is 14.1 Å². The first-order valence-electron chi connectivity index (χ1n) is 4.15. The SMILES string of the molecule is Cc1sc2c(c1C)n(C)c(=S)n2C. The summed E-state index contributed by atoms with van der Waals surface area (Å²) in [6, 6.07) is 0. The average molecular weight is 212 g/mol. The van der Waals surface area contributed by atoms with Crippen LogP contribution < -0.4 is 0 Å². The third-order valence-electron chi connectivity index (χ3n) is 2.55. The fourth-order valence-corrected chi connectivity index (χ4v) is 3.02. The molecule has 0 bridgehead atoms. The molecule has 4 heteroatoms. The van der Waals surface area contributed by atoms with E-state index in [1.807, 2.05) is 25.4 Å². The second-order valence-electron chi connectivity index (χ2n) is 3.34.